The van der Waals surface area contributed by atoms with Crippen LogP contribution in [0.3, 0.4) is 0 Å². The summed E-state index contributed by atoms with van der Waals surface area (Å²) in [6.07, 6.45) is 8.10. The van der Waals surface area contributed by atoms with Crippen LogP contribution < -0.4 is 5.32 Å². The van der Waals surface area contributed by atoms with Crippen molar-refractivity contribution in [1.82, 2.24) is 19.5 Å². The van der Waals surface area contributed by atoms with E-state index in [0.717, 1.165) is 18.5 Å². The number of carbonyl (C=O) groups is 1. The first kappa shape index (κ1) is 20.2. The zero-order valence-corrected chi connectivity index (χ0v) is 17.0. The molecule has 0 aliphatic carbocycles. The minimum atomic E-state index is -1.03. The molecule has 0 aliphatic heterocycles. The van der Waals surface area contributed by atoms with Gasteiger partial charge in [0, 0.05) is 31.2 Å². The molecule has 0 atom stereocenters. The number of aryl methyl sites for hydroxylation is 1. The van der Waals surface area contributed by atoms with Crippen molar-refractivity contribution in [3.8, 4) is 0 Å². The Morgan fingerprint density at radius 3 is 2.75 bits per heavy atom. The number of rotatable bonds is 10. The van der Waals surface area contributed by atoms with Gasteiger partial charge < -0.3 is 15.0 Å². The summed E-state index contributed by atoms with van der Waals surface area (Å²) < 4.78 is 1.98. The predicted molar refractivity (Wildman–Crippen MR) is 112 cm³/mol. The summed E-state index contributed by atoms with van der Waals surface area (Å²) in [6.45, 7) is 1.40. The van der Waals surface area contributed by atoms with E-state index in [4.69, 9.17) is 0 Å². The second-order valence-electron chi connectivity index (χ2n) is 5.90. The van der Waals surface area contributed by atoms with E-state index in [9.17, 15) is 9.90 Å². The summed E-state index contributed by atoms with van der Waals surface area (Å²) in [5, 5.41) is 14.0. The maximum atomic E-state index is 11.9. The number of anilines is 1. The van der Waals surface area contributed by atoms with Crippen molar-refractivity contribution >= 4 is 35.3 Å². The second-order valence-corrected chi connectivity index (χ2v) is 7.64. The summed E-state index contributed by atoms with van der Waals surface area (Å²) in [4.78, 5) is 24.8. The summed E-state index contributed by atoms with van der Waals surface area (Å²) in [5.74, 6) is -0.0141. The normalized spacial score (nSPS) is 10.8. The highest BCUT2D eigenvalue weighted by molar-refractivity contribution is 7.99. The van der Waals surface area contributed by atoms with E-state index < -0.39 is 5.97 Å². The standard InChI is InChI=1S/C19H21N5O2S2/c1-27-19-22-16(21-8-5-10-24-11-9-20-13-24)15(18(25)26)17(23-19)28-12-14-6-3-2-4-7-14/h2-4,6-7,9,11,13H,5,8,10,12H2,1H3,(H,25,26)(H,21,22,23). The highest BCUT2D eigenvalue weighted by Crippen LogP contribution is 2.30. The lowest BCUT2D eigenvalue weighted by Crippen LogP contribution is -2.14. The van der Waals surface area contributed by atoms with Crippen LogP contribution in [0.2, 0.25) is 0 Å². The van der Waals surface area contributed by atoms with Gasteiger partial charge in [-0.3, -0.25) is 0 Å². The monoisotopic (exact) mass is 415 g/mol. The molecule has 9 heteroatoms. The zero-order valence-electron chi connectivity index (χ0n) is 15.4. The number of nitrogens with zero attached hydrogens (tertiary/aromatic N) is 4. The van der Waals surface area contributed by atoms with Gasteiger partial charge in [-0.15, -0.1) is 11.8 Å². The maximum Gasteiger partial charge on any atom is 0.342 e. The molecule has 0 bridgehead atoms. The molecule has 0 radical (unpaired) electrons. The quantitative estimate of drug-likeness (QED) is 0.223. The van der Waals surface area contributed by atoms with Crippen molar-refractivity contribution in [2.75, 3.05) is 18.1 Å². The Labute approximate surface area is 172 Å². The number of aromatic carboxylic acids is 1. The van der Waals surface area contributed by atoms with Crippen LogP contribution >= 0.6 is 23.5 Å². The van der Waals surface area contributed by atoms with Crippen molar-refractivity contribution in [2.45, 2.75) is 28.9 Å². The lowest BCUT2D eigenvalue weighted by atomic mass is 10.2. The molecule has 1 aromatic carbocycles. The average molecular weight is 416 g/mol. The van der Waals surface area contributed by atoms with E-state index in [-0.39, 0.29) is 5.56 Å². The number of aromatic nitrogens is 4. The van der Waals surface area contributed by atoms with Crippen LogP contribution in [0.15, 0.2) is 59.2 Å². The molecule has 0 fully saturated rings. The van der Waals surface area contributed by atoms with Gasteiger partial charge in [-0.25, -0.2) is 19.7 Å². The number of hydrogen-bond donors (Lipinski definition) is 2. The Morgan fingerprint density at radius 1 is 1.25 bits per heavy atom. The maximum absolute atomic E-state index is 11.9. The molecule has 0 unspecified atom stereocenters. The van der Waals surface area contributed by atoms with E-state index in [1.54, 1.807) is 12.5 Å². The minimum absolute atomic E-state index is 0.126. The van der Waals surface area contributed by atoms with Gasteiger partial charge in [0.15, 0.2) is 5.16 Å². The molecule has 0 spiro atoms. The van der Waals surface area contributed by atoms with E-state index >= 15 is 0 Å². The lowest BCUT2D eigenvalue weighted by molar-refractivity contribution is 0.0692. The Hall–Kier alpha value is -2.52. The molecule has 146 valence electrons. The molecule has 28 heavy (non-hydrogen) atoms. The summed E-state index contributed by atoms with van der Waals surface area (Å²) in [6, 6.07) is 9.92. The van der Waals surface area contributed by atoms with Crippen molar-refractivity contribution in [2.24, 2.45) is 0 Å². The molecule has 2 aromatic heterocycles. The molecule has 2 N–H and O–H groups in total. The van der Waals surface area contributed by atoms with Crippen LogP contribution in [0.5, 0.6) is 0 Å². The number of imidazole rings is 1. The third-order valence-electron chi connectivity index (χ3n) is 3.91. The smallest absolute Gasteiger partial charge is 0.342 e. The first-order valence-electron chi connectivity index (χ1n) is 8.73. The van der Waals surface area contributed by atoms with Crippen molar-refractivity contribution in [1.29, 1.82) is 0 Å². The Morgan fingerprint density at radius 2 is 2.07 bits per heavy atom. The first-order valence-corrected chi connectivity index (χ1v) is 10.9. The molecule has 0 aliphatic rings. The number of nitrogens with one attached hydrogen (secondary N) is 1. The van der Waals surface area contributed by atoms with Crippen molar-refractivity contribution in [3.63, 3.8) is 0 Å². The number of carboxylic acid groups (broad SMARTS) is 1. The third kappa shape index (κ3) is 5.49. The number of thioether (sulfide) groups is 2. The molecular weight excluding hydrogens is 394 g/mol. The lowest BCUT2D eigenvalue weighted by Gasteiger charge is -2.13. The predicted octanol–water partition coefficient (Wildman–Crippen LogP) is 3.89. The minimum Gasteiger partial charge on any atom is -0.477 e. The van der Waals surface area contributed by atoms with Crippen LogP contribution in [0.4, 0.5) is 5.82 Å². The van der Waals surface area contributed by atoms with Crippen LogP contribution in [-0.4, -0.2) is 43.4 Å². The SMILES string of the molecule is CSc1nc(NCCCn2ccnc2)c(C(=O)O)c(SCc2ccccc2)n1. The van der Waals surface area contributed by atoms with E-state index in [0.29, 0.717) is 28.3 Å². The van der Waals surface area contributed by atoms with E-state index in [1.165, 1.54) is 23.5 Å². The van der Waals surface area contributed by atoms with Gasteiger partial charge in [-0.1, -0.05) is 42.1 Å². The third-order valence-corrected chi connectivity index (χ3v) is 5.51. The Balaban J connectivity index is 1.74. The Bertz CT molecular complexity index is 904. The number of carboxylic acids is 1. The first-order chi connectivity index (χ1) is 13.7. The van der Waals surface area contributed by atoms with Gasteiger partial charge in [0.05, 0.1) is 6.33 Å². The summed E-state index contributed by atoms with van der Waals surface area (Å²) in [5.41, 5.74) is 1.24. The Kier molecular flexibility index (Phi) is 7.32. The number of hydrogen-bond acceptors (Lipinski definition) is 7. The molecular formula is C19H21N5O2S2. The van der Waals surface area contributed by atoms with E-state index in [1.807, 2.05) is 47.4 Å². The molecule has 2 heterocycles. The van der Waals surface area contributed by atoms with E-state index in [2.05, 4.69) is 20.3 Å². The highest BCUT2D eigenvalue weighted by Gasteiger charge is 2.21. The fourth-order valence-electron chi connectivity index (χ4n) is 2.55. The molecule has 3 aromatic rings. The van der Waals surface area contributed by atoms with Crippen molar-refractivity contribution < 1.29 is 9.90 Å². The van der Waals surface area contributed by atoms with Crippen LogP contribution in [0, 0.1) is 0 Å². The summed E-state index contributed by atoms with van der Waals surface area (Å²) in [7, 11) is 0. The summed E-state index contributed by atoms with van der Waals surface area (Å²) >= 11 is 2.81. The fraction of sp³-hybridized carbons (Fsp3) is 0.263. The van der Waals surface area contributed by atoms with Gasteiger partial charge in [0.25, 0.3) is 0 Å². The second kappa shape index (κ2) is 10.1. The fourth-order valence-corrected chi connectivity index (χ4v) is 3.95. The van der Waals surface area contributed by atoms with Crippen LogP contribution in [0.25, 0.3) is 0 Å². The van der Waals surface area contributed by atoms with Gasteiger partial charge >= 0.3 is 5.97 Å². The average Bonchev–Trinajstić information content (AvgIpc) is 3.23. The highest BCUT2D eigenvalue weighted by atomic mass is 32.2. The van der Waals surface area contributed by atoms with Crippen LogP contribution in [-0.2, 0) is 12.3 Å². The largest absolute Gasteiger partial charge is 0.477 e. The van der Waals surface area contributed by atoms with Gasteiger partial charge in [0.1, 0.15) is 16.4 Å². The molecule has 0 saturated heterocycles. The molecule has 7 nitrogen and oxygen atoms in total. The molecule has 0 saturated carbocycles. The van der Waals surface area contributed by atoms with Gasteiger partial charge in [-0.2, -0.15) is 0 Å². The zero-order chi connectivity index (χ0) is 19.8. The topological polar surface area (TPSA) is 92.9 Å². The molecule has 0 amide bonds. The molecule has 3 rings (SSSR count). The number of benzene rings is 1. The van der Waals surface area contributed by atoms with Crippen molar-refractivity contribution in [3.05, 3.63) is 60.2 Å². The van der Waals surface area contributed by atoms with Crippen LogP contribution in [0.1, 0.15) is 22.3 Å². The van der Waals surface area contributed by atoms with Gasteiger partial charge in [-0.05, 0) is 18.2 Å². The van der Waals surface area contributed by atoms with Gasteiger partial charge in [0.2, 0.25) is 0 Å².